The first kappa shape index (κ1) is 9.00. The average molecular weight is 181 g/mol. The van der Waals surface area contributed by atoms with Crippen LogP contribution in [0.4, 0.5) is 0 Å². The minimum Gasteiger partial charge on any atom is -0.356 e. The van der Waals surface area contributed by atoms with Crippen molar-refractivity contribution in [2.45, 2.75) is 6.92 Å². The lowest BCUT2D eigenvalue weighted by molar-refractivity contribution is -0.115. The standard InChI is InChI=1S/C9H11NOS/c1-7-3-4-8(12-7)5-6-9(11)10-2/h3-6H,1-2H3,(H,10,11). The number of aryl methyl sites for hydroxylation is 1. The topological polar surface area (TPSA) is 29.1 Å². The normalized spacial score (nSPS) is 10.5. The maximum Gasteiger partial charge on any atom is 0.243 e. The van der Waals surface area contributed by atoms with Gasteiger partial charge in [-0.2, -0.15) is 0 Å². The second-order valence-electron chi connectivity index (χ2n) is 2.40. The molecule has 0 saturated carbocycles. The minimum atomic E-state index is -0.0685. The molecule has 12 heavy (non-hydrogen) atoms. The molecule has 2 nitrogen and oxygen atoms in total. The molecule has 3 heteroatoms. The van der Waals surface area contributed by atoms with Crippen LogP contribution in [0.15, 0.2) is 18.2 Å². The quantitative estimate of drug-likeness (QED) is 0.693. The van der Waals surface area contributed by atoms with Crippen LogP contribution < -0.4 is 5.32 Å². The van der Waals surface area contributed by atoms with Gasteiger partial charge in [-0.3, -0.25) is 4.79 Å². The van der Waals surface area contributed by atoms with Gasteiger partial charge in [0.25, 0.3) is 0 Å². The van der Waals surface area contributed by atoms with Crippen molar-refractivity contribution in [2.24, 2.45) is 0 Å². The summed E-state index contributed by atoms with van der Waals surface area (Å²) < 4.78 is 0. The van der Waals surface area contributed by atoms with E-state index in [1.165, 1.54) is 11.0 Å². The fraction of sp³-hybridized carbons (Fsp3) is 0.222. The highest BCUT2D eigenvalue weighted by molar-refractivity contribution is 7.12. The second-order valence-corrected chi connectivity index (χ2v) is 3.72. The van der Waals surface area contributed by atoms with E-state index >= 15 is 0 Å². The van der Waals surface area contributed by atoms with E-state index in [2.05, 4.69) is 5.32 Å². The first-order chi connectivity index (χ1) is 5.72. The van der Waals surface area contributed by atoms with Gasteiger partial charge in [0.05, 0.1) is 0 Å². The molecule has 1 aromatic heterocycles. The molecule has 0 bridgehead atoms. The van der Waals surface area contributed by atoms with Crippen LogP contribution >= 0.6 is 11.3 Å². The highest BCUT2D eigenvalue weighted by Crippen LogP contribution is 2.15. The van der Waals surface area contributed by atoms with Gasteiger partial charge in [-0.15, -0.1) is 11.3 Å². The number of rotatable bonds is 2. The summed E-state index contributed by atoms with van der Waals surface area (Å²) in [5.74, 6) is -0.0685. The van der Waals surface area contributed by atoms with Crippen LogP contribution in [0.2, 0.25) is 0 Å². The third kappa shape index (κ3) is 2.51. The van der Waals surface area contributed by atoms with E-state index < -0.39 is 0 Å². The van der Waals surface area contributed by atoms with Crippen LogP contribution in [0.1, 0.15) is 9.75 Å². The molecule has 0 saturated heterocycles. The molecule has 1 aromatic rings. The summed E-state index contributed by atoms with van der Waals surface area (Å²) in [6.45, 7) is 2.04. The van der Waals surface area contributed by atoms with Crippen LogP contribution in [0, 0.1) is 6.92 Å². The Kier molecular flexibility index (Phi) is 3.05. The first-order valence-electron chi connectivity index (χ1n) is 3.68. The van der Waals surface area contributed by atoms with E-state index in [4.69, 9.17) is 0 Å². The Hall–Kier alpha value is -1.09. The molecule has 64 valence electrons. The molecule has 0 unspecified atom stereocenters. The fourth-order valence-corrected chi connectivity index (χ4v) is 1.56. The predicted octanol–water partition coefficient (Wildman–Crippen LogP) is 1.82. The van der Waals surface area contributed by atoms with E-state index in [9.17, 15) is 4.79 Å². The van der Waals surface area contributed by atoms with E-state index in [0.29, 0.717) is 0 Å². The summed E-state index contributed by atoms with van der Waals surface area (Å²) >= 11 is 1.67. The van der Waals surface area contributed by atoms with E-state index in [1.807, 2.05) is 25.1 Å². The van der Waals surface area contributed by atoms with Crippen molar-refractivity contribution < 1.29 is 4.79 Å². The predicted molar refractivity (Wildman–Crippen MR) is 52.2 cm³/mol. The summed E-state index contributed by atoms with van der Waals surface area (Å²) in [5, 5.41) is 2.52. The number of likely N-dealkylation sites (N-methyl/N-ethyl adjacent to an activating group) is 1. The number of amides is 1. The lowest BCUT2D eigenvalue weighted by atomic mass is 10.4. The van der Waals surface area contributed by atoms with Crippen molar-refractivity contribution in [2.75, 3.05) is 7.05 Å². The third-order valence-corrected chi connectivity index (χ3v) is 2.37. The SMILES string of the molecule is CNC(=O)C=Cc1ccc(C)s1. The molecule has 0 spiro atoms. The molecule has 0 fully saturated rings. The smallest absolute Gasteiger partial charge is 0.243 e. The van der Waals surface area contributed by atoms with Gasteiger partial charge in [0.15, 0.2) is 0 Å². The number of carbonyl (C=O) groups excluding carboxylic acids is 1. The largest absolute Gasteiger partial charge is 0.356 e. The molecule has 0 atom stereocenters. The van der Waals surface area contributed by atoms with E-state index in [-0.39, 0.29) is 5.91 Å². The van der Waals surface area contributed by atoms with Crippen molar-refractivity contribution in [1.82, 2.24) is 5.32 Å². The Labute approximate surface area is 75.9 Å². The lowest BCUT2D eigenvalue weighted by Crippen LogP contribution is -2.13. The van der Waals surface area contributed by atoms with Gasteiger partial charge < -0.3 is 5.32 Å². The van der Waals surface area contributed by atoms with Gasteiger partial charge in [0.1, 0.15) is 0 Å². The highest BCUT2D eigenvalue weighted by Gasteiger charge is 1.92. The Morgan fingerprint density at radius 3 is 2.83 bits per heavy atom. The highest BCUT2D eigenvalue weighted by atomic mass is 32.1. The molecule has 0 aliphatic heterocycles. The maximum absolute atomic E-state index is 10.8. The van der Waals surface area contributed by atoms with E-state index in [0.717, 1.165) is 4.88 Å². The molecule has 1 rings (SSSR count). The van der Waals surface area contributed by atoms with Crippen LogP contribution in [-0.4, -0.2) is 13.0 Å². The molecule has 0 aromatic carbocycles. The zero-order valence-electron chi connectivity index (χ0n) is 7.13. The number of nitrogens with one attached hydrogen (secondary N) is 1. The van der Waals surface area contributed by atoms with Gasteiger partial charge in [-0.1, -0.05) is 0 Å². The van der Waals surface area contributed by atoms with Crippen LogP contribution in [0.25, 0.3) is 6.08 Å². The minimum absolute atomic E-state index is 0.0685. The van der Waals surface area contributed by atoms with Crippen molar-refractivity contribution in [3.63, 3.8) is 0 Å². The number of hydrogen-bond donors (Lipinski definition) is 1. The zero-order valence-corrected chi connectivity index (χ0v) is 7.94. The van der Waals surface area contributed by atoms with Gasteiger partial charge in [0, 0.05) is 22.9 Å². The molecule has 0 aliphatic carbocycles. The third-order valence-electron chi connectivity index (χ3n) is 1.41. The van der Waals surface area contributed by atoms with Crippen LogP contribution in [0.3, 0.4) is 0 Å². The average Bonchev–Trinajstić information content (AvgIpc) is 2.47. The fourth-order valence-electron chi connectivity index (χ4n) is 0.784. The van der Waals surface area contributed by atoms with Gasteiger partial charge in [-0.25, -0.2) is 0 Å². The molecule has 1 N–H and O–H groups in total. The second kappa shape index (κ2) is 4.07. The summed E-state index contributed by atoms with van der Waals surface area (Å²) in [7, 11) is 1.62. The Morgan fingerprint density at radius 2 is 2.33 bits per heavy atom. The van der Waals surface area contributed by atoms with Crippen molar-refractivity contribution in [3.8, 4) is 0 Å². The molecule has 1 amide bonds. The summed E-state index contributed by atoms with van der Waals surface area (Å²) in [5.41, 5.74) is 0. The van der Waals surface area contributed by atoms with Gasteiger partial charge >= 0.3 is 0 Å². The van der Waals surface area contributed by atoms with Crippen LogP contribution in [0.5, 0.6) is 0 Å². The molecular formula is C9H11NOS. The number of carbonyl (C=O) groups is 1. The molecule has 0 radical (unpaired) electrons. The summed E-state index contributed by atoms with van der Waals surface area (Å²) in [4.78, 5) is 13.2. The lowest BCUT2D eigenvalue weighted by Gasteiger charge is -1.87. The Morgan fingerprint density at radius 1 is 1.58 bits per heavy atom. The van der Waals surface area contributed by atoms with Crippen molar-refractivity contribution >= 4 is 23.3 Å². The first-order valence-corrected chi connectivity index (χ1v) is 4.50. The maximum atomic E-state index is 10.8. The van der Waals surface area contributed by atoms with Crippen molar-refractivity contribution in [1.29, 1.82) is 0 Å². The van der Waals surface area contributed by atoms with Crippen molar-refractivity contribution in [3.05, 3.63) is 28.0 Å². The Bertz CT molecular complexity index is 301. The number of thiophene rings is 1. The summed E-state index contributed by atoms with van der Waals surface area (Å²) in [6, 6.07) is 4.04. The Balaban J connectivity index is 2.63. The van der Waals surface area contributed by atoms with E-state index in [1.54, 1.807) is 18.4 Å². The summed E-state index contributed by atoms with van der Waals surface area (Å²) in [6.07, 6.45) is 3.35. The zero-order chi connectivity index (χ0) is 8.97. The number of hydrogen-bond acceptors (Lipinski definition) is 2. The molecular weight excluding hydrogens is 170 g/mol. The monoisotopic (exact) mass is 181 g/mol. The van der Waals surface area contributed by atoms with Gasteiger partial charge in [0.2, 0.25) is 5.91 Å². The van der Waals surface area contributed by atoms with Gasteiger partial charge in [-0.05, 0) is 25.1 Å². The van der Waals surface area contributed by atoms with Crippen LogP contribution in [-0.2, 0) is 4.79 Å². The molecule has 1 heterocycles. The molecule has 0 aliphatic rings.